The number of hydrogen-bond acceptors (Lipinski definition) is 4. The fourth-order valence-corrected chi connectivity index (χ4v) is 8.67. The van der Waals surface area contributed by atoms with Crippen LogP contribution >= 0.6 is 7.37 Å². The van der Waals surface area contributed by atoms with Gasteiger partial charge >= 0.3 is 0 Å². The predicted molar refractivity (Wildman–Crippen MR) is 204 cm³/mol. The zero-order chi connectivity index (χ0) is 33.7. The Hall–Kier alpha value is -5.15. The molecule has 0 bridgehead atoms. The van der Waals surface area contributed by atoms with E-state index in [0.717, 1.165) is 44.8 Å². The average molecular weight is 661 g/mol. The Morgan fingerprint density at radius 3 is 1.00 bits per heavy atom. The van der Waals surface area contributed by atoms with Crippen LogP contribution in [0.4, 0.5) is 0 Å². The summed E-state index contributed by atoms with van der Waals surface area (Å²) in [6, 6.07) is 60.8. The van der Waals surface area contributed by atoms with Gasteiger partial charge in [0.2, 0.25) is 0 Å². The molecule has 0 fully saturated rings. The first-order chi connectivity index (χ1) is 24.1. The Bertz CT molecular complexity index is 1760. The Labute approximate surface area is 290 Å². The third-order valence-electron chi connectivity index (χ3n) is 8.43. The summed E-state index contributed by atoms with van der Waals surface area (Å²) in [5.74, 6) is -1.45. The molecule has 0 aliphatic rings. The van der Waals surface area contributed by atoms with Gasteiger partial charge in [-0.1, -0.05) is 182 Å². The van der Waals surface area contributed by atoms with Crippen molar-refractivity contribution in [2.45, 2.75) is 31.3 Å². The van der Waals surface area contributed by atoms with Crippen LogP contribution in [0.2, 0.25) is 0 Å². The van der Waals surface area contributed by atoms with Gasteiger partial charge in [0, 0.05) is 35.1 Å². The lowest BCUT2D eigenvalue weighted by Gasteiger charge is -2.31. The van der Waals surface area contributed by atoms with E-state index >= 15 is 4.57 Å². The zero-order valence-corrected chi connectivity index (χ0v) is 28.6. The molecule has 5 heteroatoms. The monoisotopic (exact) mass is 660 g/mol. The molecule has 0 aliphatic carbocycles. The van der Waals surface area contributed by atoms with E-state index in [0.29, 0.717) is 12.8 Å². The number of aliphatic imine (C=N–C) groups is 2. The molecular formula is C44H41N2O2P. The van der Waals surface area contributed by atoms with Gasteiger partial charge in [-0.3, -0.25) is 14.5 Å². The van der Waals surface area contributed by atoms with E-state index in [-0.39, 0.29) is 6.61 Å². The Kier molecular flexibility index (Phi) is 11.6. The fraction of sp³-hybridized carbons (Fsp3) is 0.136. The summed E-state index contributed by atoms with van der Waals surface area (Å²) in [6.45, 7) is 2.17. The number of hydrogen-bond donors (Lipinski definition) is 0. The van der Waals surface area contributed by atoms with Crippen molar-refractivity contribution in [1.82, 2.24) is 0 Å². The van der Waals surface area contributed by atoms with E-state index < -0.39 is 18.9 Å². The molecule has 0 aliphatic heterocycles. The highest BCUT2D eigenvalue weighted by Gasteiger charge is 2.43. The van der Waals surface area contributed by atoms with Gasteiger partial charge in [-0.15, -0.1) is 0 Å². The summed E-state index contributed by atoms with van der Waals surface area (Å²) in [6.07, 6.45) is 0.849. The molecule has 244 valence electrons. The highest BCUT2D eigenvalue weighted by molar-refractivity contribution is 7.60. The molecule has 2 atom stereocenters. The molecule has 0 radical (unpaired) electrons. The first-order valence-electron chi connectivity index (χ1n) is 16.8. The molecule has 0 amide bonds. The summed E-state index contributed by atoms with van der Waals surface area (Å²) in [5.41, 5.74) is 7.42. The first-order valence-corrected chi connectivity index (χ1v) is 18.6. The maximum Gasteiger partial charge on any atom is 0.251 e. The van der Waals surface area contributed by atoms with Crippen LogP contribution in [0.25, 0.3) is 0 Å². The van der Waals surface area contributed by atoms with Gasteiger partial charge in [-0.25, -0.2) is 0 Å². The van der Waals surface area contributed by atoms with Crippen molar-refractivity contribution in [1.29, 1.82) is 0 Å². The van der Waals surface area contributed by atoms with Crippen LogP contribution in [-0.2, 0) is 21.9 Å². The molecule has 0 aromatic heterocycles. The van der Waals surface area contributed by atoms with Crippen LogP contribution in [0.5, 0.6) is 0 Å². The number of nitrogens with zero attached hydrogens (tertiary/aromatic N) is 2. The van der Waals surface area contributed by atoms with Gasteiger partial charge in [0.15, 0.2) is 0 Å². The largest absolute Gasteiger partial charge is 0.326 e. The highest BCUT2D eigenvalue weighted by atomic mass is 31.2. The van der Waals surface area contributed by atoms with E-state index in [4.69, 9.17) is 14.5 Å². The quantitative estimate of drug-likeness (QED) is 0.0862. The maximum absolute atomic E-state index is 16.2. The van der Waals surface area contributed by atoms with Crippen LogP contribution < -0.4 is 0 Å². The molecule has 49 heavy (non-hydrogen) atoms. The third-order valence-corrected chi connectivity index (χ3v) is 11.3. The van der Waals surface area contributed by atoms with E-state index in [1.54, 1.807) is 0 Å². The van der Waals surface area contributed by atoms with Crippen molar-refractivity contribution in [3.63, 3.8) is 0 Å². The van der Waals surface area contributed by atoms with Crippen molar-refractivity contribution in [2.75, 3.05) is 6.61 Å². The molecule has 2 unspecified atom stereocenters. The molecule has 0 heterocycles. The van der Waals surface area contributed by atoms with Gasteiger partial charge in [0.25, 0.3) is 7.37 Å². The lowest BCUT2D eigenvalue weighted by molar-refractivity contribution is 0.317. The van der Waals surface area contributed by atoms with Crippen LogP contribution in [0.3, 0.4) is 0 Å². The van der Waals surface area contributed by atoms with Gasteiger partial charge in [0.1, 0.15) is 11.6 Å². The minimum absolute atomic E-state index is 0.261. The normalized spacial score (nSPS) is 13.4. The molecule has 0 saturated carbocycles. The van der Waals surface area contributed by atoms with Crippen molar-refractivity contribution in [3.05, 3.63) is 215 Å². The highest BCUT2D eigenvalue weighted by Crippen LogP contribution is 2.59. The second kappa shape index (κ2) is 16.8. The standard InChI is InChI=1S/C44H41N2O2P/c1-2-48-49(47,41(33-35-21-9-3-10-22-35)45-43(37-25-13-5-14-26-37)38-27-15-6-16-28-38)42(34-36-23-11-4-12-24-36)46-44(39-29-17-7-18-30-39)40-31-19-8-20-32-40/h3-32,41-42H,2,33-34H2,1H3. The van der Waals surface area contributed by atoms with E-state index in [9.17, 15) is 0 Å². The second-order valence-electron chi connectivity index (χ2n) is 11.8. The van der Waals surface area contributed by atoms with Crippen LogP contribution in [0, 0.1) is 0 Å². The van der Waals surface area contributed by atoms with Crippen molar-refractivity contribution < 1.29 is 9.09 Å². The second-order valence-corrected chi connectivity index (χ2v) is 14.6. The molecule has 4 nitrogen and oxygen atoms in total. The first kappa shape index (κ1) is 33.7. The van der Waals surface area contributed by atoms with Crippen LogP contribution in [0.1, 0.15) is 40.3 Å². The fourth-order valence-electron chi connectivity index (χ4n) is 6.04. The minimum Gasteiger partial charge on any atom is -0.326 e. The molecule has 6 aromatic rings. The van der Waals surface area contributed by atoms with Gasteiger partial charge < -0.3 is 4.52 Å². The molecule has 0 spiro atoms. The molecular weight excluding hydrogens is 619 g/mol. The summed E-state index contributed by atoms with van der Waals surface area (Å²) in [4.78, 5) is 11.0. The topological polar surface area (TPSA) is 51.0 Å². The van der Waals surface area contributed by atoms with E-state index in [1.807, 2.05) is 116 Å². The lowest BCUT2D eigenvalue weighted by Crippen LogP contribution is -2.25. The molecule has 0 N–H and O–H groups in total. The summed E-state index contributed by atoms with van der Waals surface area (Å²) in [7, 11) is -3.74. The molecule has 6 rings (SSSR count). The Balaban J connectivity index is 1.60. The zero-order valence-electron chi connectivity index (χ0n) is 27.8. The van der Waals surface area contributed by atoms with Gasteiger partial charge in [0.05, 0.1) is 18.0 Å². The predicted octanol–water partition coefficient (Wildman–Crippen LogP) is 10.5. The van der Waals surface area contributed by atoms with Crippen molar-refractivity contribution in [2.24, 2.45) is 9.98 Å². The Morgan fingerprint density at radius 1 is 0.469 bits per heavy atom. The number of benzene rings is 6. The average Bonchev–Trinajstić information content (AvgIpc) is 3.17. The minimum atomic E-state index is -3.74. The van der Waals surface area contributed by atoms with E-state index in [2.05, 4.69) is 72.8 Å². The molecule has 6 aromatic carbocycles. The van der Waals surface area contributed by atoms with E-state index in [1.165, 1.54) is 0 Å². The smallest absolute Gasteiger partial charge is 0.251 e. The van der Waals surface area contributed by atoms with Gasteiger partial charge in [-0.05, 0) is 18.1 Å². The van der Waals surface area contributed by atoms with Crippen LogP contribution in [-0.4, -0.2) is 29.6 Å². The SMILES string of the molecule is CCOP(=O)(C(Cc1ccccc1)N=C(c1ccccc1)c1ccccc1)C(Cc1ccccc1)N=C(c1ccccc1)c1ccccc1. The van der Waals surface area contributed by atoms with Gasteiger partial charge in [-0.2, -0.15) is 0 Å². The maximum atomic E-state index is 16.2. The van der Waals surface area contributed by atoms with Crippen molar-refractivity contribution in [3.8, 4) is 0 Å². The molecule has 0 saturated heterocycles. The third kappa shape index (κ3) is 8.66. The lowest BCUT2D eigenvalue weighted by atomic mass is 10.0. The Morgan fingerprint density at radius 2 is 0.735 bits per heavy atom. The summed E-state index contributed by atoms with van der Waals surface area (Å²) >= 11 is 0. The summed E-state index contributed by atoms with van der Waals surface area (Å²) < 4.78 is 22.8. The number of rotatable bonds is 14. The van der Waals surface area contributed by atoms with Crippen molar-refractivity contribution >= 4 is 18.8 Å². The summed E-state index contributed by atoms with van der Waals surface area (Å²) in [5, 5.41) is 0. The van der Waals surface area contributed by atoms with Crippen LogP contribution in [0.15, 0.2) is 192 Å².